The van der Waals surface area contributed by atoms with Gasteiger partial charge in [0.1, 0.15) is 17.7 Å². The molecule has 0 aliphatic carbocycles. The van der Waals surface area contributed by atoms with Crippen LogP contribution >= 0.6 is 11.6 Å². The molecule has 0 amide bonds. The average Bonchev–Trinajstić information content (AvgIpc) is 2.49. The lowest BCUT2D eigenvalue weighted by atomic mass is 9.95. The topological polar surface area (TPSA) is 20.2 Å². The summed E-state index contributed by atoms with van der Waals surface area (Å²) < 4.78 is 27.5. The normalized spacial score (nSPS) is 12.6. The summed E-state index contributed by atoms with van der Waals surface area (Å²) in [5.74, 6) is -1.49. The SMILES string of the molecule is OC(c1cc(F)c(Cl)cc1F)c1cccc2ccccc12. The second-order valence-corrected chi connectivity index (χ2v) is 5.17. The lowest BCUT2D eigenvalue weighted by Crippen LogP contribution is -2.04. The van der Waals surface area contributed by atoms with Crippen LogP contribution < -0.4 is 0 Å². The van der Waals surface area contributed by atoms with Crippen molar-refractivity contribution >= 4 is 22.4 Å². The van der Waals surface area contributed by atoms with Crippen LogP contribution in [0.15, 0.2) is 54.6 Å². The molecule has 3 aromatic carbocycles. The summed E-state index contributed by atoms with van der Waals surface area (Å²) in [6.45, 7) is 0. The molecule has 1 unspecified atom stereocenters. The van der Waals surface area contributed by atoms with Crippen molar-refractivity contribution in [1.82, 2.24) is 0 Å². The van der Waals surface area contributed by atoms with E-state index < -0.39 is 17.7 Å². The summed E-state index contributed by atoms with van der Waals surface area (Å²) in [5.41, 5.74) is 0.391. The molecule has 1 nitrogen and oxygen atoms in total. The van der Waals surface area contributed by atoms with Gasteiger partial charge in [-0.05, 0) is 28.5 Å². The molecule has 0 saturated carbocycles. The van der Waals surface area contributed by atoms with Gasteiger partial charge in [-0.25, -0.2) is 8.78 Å². The Bertz CT molecular complexity index is 812. The predicted molar refractivity (Wildman–Crippen MR) is 79.4 cm³/mol. The molecule has 0 fully saturated rings. The van der Waals surface area contributed by atoms with Crippen LogP contribution in [0.1, 0.15) is 17.2 Å². The highest BCUT2D eigenvalue weighted by atomic mass is 35.5. The Labute approximate surface area is 125 Å². The first-order chi connectivity index (χ1) is 10.1. The van der Waals surface area contributed by atoms with E-state index in [2.05, 4.69) is 0 Å². The Kier molecular flexibility index (Phi) is 3.62. The van der Waals surface area contributed by atoms with Gasteiger partial charge in [0.15, 0.2) is 0 Å². The Balaban J connectivity index is 2.17. The summed E-state index contributed by atoms with van der Waals surface area (Å²) in [6, 6.07) is 14.6. The molecule has 0 spiro atoms. The summed E-state index contributed by atoms with van der Waals surface area (Å²) in [5, 5.41) is 11.8. The molecule has 0 aliphatic heterocycles. The van der Waals surface area contributed by atoms with Crippen molar-refractivity contribution in [2.75, 3.05) is 0 Å². The fourth-order valence-corrected chi connectivity index (χ4v) is 2.55. The van der Waals surface area contributed by atoms with Crippen LogP contribution in [-0.4, -0.2) is 5.11 Å². The van der Waals surface area contributed by atoms with Gasteiger partial charge in [-0.1, -0.05) is 54.1 Å². The first-order valence-electron chi connectivity index (χ1n) is 6.38. The molecule has 3 aromatic rings. The first kappa shape index (κ1) is 14.0. The van der Waals surface area contributed by atoms with Gasteiger partial charge in [-0.15, -0.1) is 0 Å². The van der Waals surface area contributed by atoms with Crippen molar-refractivity contribution in [1.29, 1.82) is 0 Å². The molecule has 0 radical (unpaired) electrons. The molecule has 0 heterocycles. The summed E-state index contributed by atoms with van der Waals surface area (Å²) in [7, 11) is 0. The Hall–Kier alpha value is -1.97. The second kappa shape index (κ2) is 5.43. The van der Waals surface area contributed by atoms with E-state index in [4.69, 9.17) is 11.6 Å². The molecule has 0 aromatic heterocycles. The van der Waals surface area contributed by atoms with Crippen molar-refractivity contribution in [3.8, 4) is 0 Å². The van der Waals surface area contributed by atoms with Gasteiger partial charge in [0.05, 0.1) is 5.02 Å². The maximum atomic E-state index is 14.0. The molecule has 4 heteroatoms. The minimum Gasteiger partial charge on any atom is -0.384 e. The van der Waals surface area contributed by atoms with Gasteiger partial charge in [-0.3, -0.25) is 0 Å². The van der Waals surface area contributed by atoms with E-state index in [1.54, 1.807) is 12.1 Å². The number of aliphatic hydroxyl groups is 1. The third-order valence-electron chi connectivity index (χ3n) is 3.45. The highest BCUT2D eigenvalue weighted by Gasteiger charge is 2.19. The van der Waals surface area contributed by atoms with Crippen molar-refractivity contribution in [3.05, 3.63) is 82.4 Å². The van der Waals surface area contributed by atoms with E-state index in [0.29, 0.717) is 5.56 Å². The van der Waals surface area contributed by atoms with Crippen LogP contribution in [0.3, 0.4) is 0 Å². The number of halogens is 3. The van der Waals surface area contributed by atoms with Crippen molar-refractivity contribution < 1.29 is 13.9 Å². The monoisotopic (exact) mass is 304 g/mol. The van der Waals surface area contributed by atoms with Gasteiger partial charge in [0.25, 0.3) is 0 Å². The quantitative estimate of drug-likeness (QED) is 0.671. The van der Waals surface area contributed by atoms with E-state index in [9.17, 15) is 13.9 Å². The van der Waals surface area contributed by atoms with Gasteiger partial charge in [0, 0.05) is 5.56 Å². The summed E-state index contributed by atoms with van der Waals surface area (Å²) in [6.07, 6.45) is -1.26. The molecule has 1 N–H and O–H groups in total. The average molecular weight is 305 g/mol. The van der Waals surface area contributed by atoms with Gasteiger partial charge >= 0.3 is 0 Å². The van der Waals surface area contributed by atoms with E-state index >= 15 is 0 Å². The molecular weight excluding hydrogens is 294 g/mol. The number of rotatable bonds is 2. The molecular formula is C17H11ClF2O. The fraction of sp³-hybridized carbons (Fsp3) is 0.0588. The molecule has 1 atom stereocenters. The zero-order valence-electron chi connectivity index (χ0n) is 10.9. The fourth-order valence-electron chi connectivity index (χ4n) is 2.40. The number of benzene rings is 3. The van der Waals surface area contributed by atoms with E-state index in [1.807, 2.05) is 30.3 Å². The van der Waals surface area contributed by atoms with Crippen LogP contribution in [0.5, 0.6) is 0 Å². The van der Waals surface area contributed by atoms with Crippen molar-refractivity contribution in [2.45, 2.75) is 6.10 Å². The molecule has 0 saturated heterocycles. The second-order valence-electron chi connectivity index (χ2n) is 4.76. The maximum Gasteiger partial charge on any atom is 0.142 e. The van der Waals surface area contributed by atoms with Crippen molar-refractivity contribution in [3.63, 3.8) is 0 Å². The zero-order chi connectivity index (χ0) is 15.0. The van der Waals surface area contributed by atoms with Crippen molar-refractivity contribution in [2.24, 2.45) is 0 Å². The standard InChI is InChI=1S/C17H11ClF2O/c18-14-9-15(19)13(8-16(14)20)17(21)12-7-3-5-10-4-1-2-6-11(10)12/h1-9,17,21H. The highest BCUT2D eigenvalue weighted by Crippen LogP contribution is 2.32. The first-order valence-corrected chi connectivity index (χ1v) is 6.76. The lowest BCUT2D eigenvalue weighted by molar-refractivity contribution is 0.216. The summed E-state index contributed by atoms with van der Waals surface area (Å²) in [4.78, 5) is 0. The van der Waals surface area contributed by atoms with Crippen LogP contribution in [0.4, 0.5) is 8.78 Å². The van der Waals surface area contributed by atoms with Crippen LogP contribution in [-0.2, 0) is 0 Å². The minimum atomic E-state index is -1.26. The molecule has 106 valence electrons. The van der Waals surface area contributed by atoms with Gasteiger partial charge in [0.2, 0.25) is 0 Å². The van der Waals surface area contributed by atoms with Gasteiger partial charge < -0.3 is 5.11 Å². The van der Waals surface area contributed by atoms with Gasteiger partial charge in [-0.2, -0.15) is 0 Å². The summed E-state index contributed by atoms with van der Waals surface area (Å²) >= 11 is 5.54. The molecule has 0 bridgehead atoms. The Morgan fingerprint density at radius 3 is 2.38 bits per heavy atom. The third kappa shape index (κ3) is 2.50. The van der Waals surface area contributed by atoms with E-state index in [1.165, 1.54) is 0 Å². The number of aliphatic hydroxyl groups excluding tert-OH is 1. The van der Waals surface area contributed by atoms with Crippen LogP contribution in [0.25, 0.3) is 10.8 Å². The van der Waals surface area contributed by atoms with E-state index in [-0.39, 0.29) is 10.6 Å². The number of fused-ring (bicyclic) bond motifs is 1. The Morgan fingerprint density at radius 1 is 0.857 bits per heavy atom. The number of hydrogen-bond acceptors (Lipinski definition) is 1. The smallest absolute Gasteiger partial charge is 0.142 e. The van der Waals surface area contributed by atoms with Crippen LogP contribution in [0.2, 0.25) is 5.02 Å². The predicted octanol–water partition coefficient (Wildman–Crippen LogP) is 4.85. The maximum absolute atomic E-state index is 14.0. The van der Waals surface area contributed by atoms with E-state index in [0.717, 1.165) is 22.9 Å². The Morgan fingerprint density at radius 2 is 1.57 bits per heavy atom. The minimum absolute atomic E-state index is 0.131. The lowest BCUT2D eigenvalue weighted by Gasteiger charge is -2.15. The zero-order valence-corrected chi connectivity index (χ0v) is 11.6. The largest absolute Gasteiger partial charge is 0.384 e. The third-order valence-corrected chi connectivity index (χ3v) is 3.74. The molecule has 3 rings (SSSR count). The highest BCUT2D eigenvalue weighted by molar-refractivity contribution is 6.30. The number of hydrogen-bond donors (Lipinski definition) is 1. The van der Waals surface area contributed by atoms with Crippen LogP contribution in [0, 0.1) is 11.6 Å². The molecule has 21 heavy (non-hydrogen) atoms. The molecule has 0 aliphatic rings.